The van der Waals surface area contributed by atoms with E-state index < -0.39 is 25.0 Å². The molecule has 0 saturated carbocycles. The summed E-state index contributed by atoms with van der Waals surface area (Å²) in [4.78, 5) is 22.6. The molecule has 2 aromatic rings. The van der Waals surface area contributed by atoms with Gasteiger partial charge in [-0.15, -0.1) is 0 Å². The van der Waals surface area contributed by atoms with Crippen molar-refractivity contribution >= 4 is 44.9 Å². The van der Waals surface area contributed by atoms with E-state index in [-0.39, 0.29) is 27.6 Å². The minimum Gasteiger partial charge on any atom is -0.701 e. The molecule has 1 amide bonds. The number of rotatable bonds is 5. The third-order valence-electron chi connectivity index (χ3n) is 3.68. The van der Waals surface area contributed by atoms with E-state index in [1.54, 1.807) is 0 Å². The second-order valence-corrected chi connectivity index (χ2v) is 7.90. The van der Waals surface area contributed by atoms with E-state index in [2.05, 4.69) is 5.32 Å². The molecule has 2 aromatic carbocycles. The number of carbonyl (C=O) groups excluding carboxylic acids is 1. The molecule has 9 nitrogen and oxygen atoms in total. The van der Waals surface area contributed by atoms with Crippen LogP contribution in [0.2, 0.25) is 5.02 Å². The van der Waals surface area contributed by atoms with Gasteiger partial charge in [-0.3, -0.25) is 14.9 Å². The lowest BCUT2D eigenvalue weighted by molar-refractivity contribution is -0.384. The van der Waals surface area contributed by atoms with Gasteiger partial charge in [-0.2, -0.15) is 8.42 Å². The van der Waals surface area contributed by atoms with Gasteiger partial charge in [-0.25, -0.2) is 3.89 Å². The molecule has 0 bridgehead atoms. The van der Waals surface area contributed by atoms with Gasteiger partial charge in [0, 0.05) is 28.9 Å². The predicted octanol–water partition coefficient (Wildman–Crippen LogP) is 2.53. The summed E-state index contributed by atoms with van der Waals surface area (Å²) in [6, 6.07) is 8.98. The highest BCUT2D eigenvalue weighted by molar-refractivity contribution is 7.85. The van der Waals surface area contributed by atoms with Crippen LogP contribution in [-0.4, -0.2) is 37.9 Å². The summed E-state index contributed by atoms with van der Waals surface area (Å²) >= 11 is 5.88. The van der Waals surface area contributed by atoms with Crippen LogP contribution in [0.15, 0.2) is 42.5 Å². The number of nitro groups is 1. The van der Waals surface area contributed by atoms with Crippen LogP contribution in [-0.2, 0) is 10.3 Å². The van der Waals surface area contributed by atoms with Gasteiger partial charge < -0.3 is 9.87 Å². The van der Waals surface area contributed by atoms with Crippen molar-refractivity contribution in [2.45, 2.75) is 0 Å². The third-order valence-corrected chi connectivity index (χ3v) is 5.23. The van der Waals surface area contributed by atoms with E-state index in [0.717, 1.165) is 14.1 Å². The normalized spacial score (nSPS) is 11.8. The lowest BCUT2D eigenvalue weighted by Gasteiger charge is -2.31. The molecule has 0 fully saturated rings. The van der Waals surface area contributed by atoms with Gasteiger partial charge in [0.25, 0.3) is 21.9 Å². The van der Waals surface area contributed by atoms with Crippen LogP contribution < -0.4 is 9.21 Å². The zero-order chi connectivity index (χ0) is 19.7. The van der Waals surface area contributed by atoms with Gasteiger partial charge >= 0.3 is 0 Å². The van der Waals surface area contributed by atoms with Gasteiger partial charge in [-0.1, -0.05) is 11.6 Å². The fraction of sp³-hybridized carbons (Fsp3) is 0.133. The van der Waals surface area contributed by atoms with Crippen molar-refractivity contribution in [3.05, 3.63) is 63.2 Å². The summed E-state index contributed by atoms with van der Waals surface area (Å²) in [7, 11) is -2.60. The van der Waals surface area contributed by atoms with Crippen molar-refractivity contribution in [3.63, 3.8) is 0 Å². The van der Waals surface area contributed by atoms with E-state index in [4.69, 9.17) is 11.6 Å². The first-order chi connectivity index (χ1) is 11.9. The standard InChI is InChI=1S/C15H14ClN3O6S/c1-19(2,26(23,24)25)14-9-10(16)3-8-13(14)15(20)17-11-4-6-12(7-5-11)18(21)22/h3-9H,1-2H3,(H-,17,20,23,24,25). The van der Waals surface area contributed by atoms with Crippen molar-refractivity contribution in [2.75, 3.05) is 19.4 Å². The van der Waals surface area contributed by atoms with Crippen LogP contribution in [0.25, 0.3) is 0 Å². The molecular formula is C15H14ClN3O6S. The Kier molecular flexibility index (Phi) is 5.33. The highest BCUT2D eigenvalue weighted by Gasteiger charge is 2.32. The van der Waals surface area contributed by atoms with Crippen LogP contribution in [0.1, 0.15) is 10.4 Å². The van der Waals surface area contributed by atoms with E-state index in [9.17, 15) is 27.9 Å². The maximum absolute atomic E-state index is 12.5. The molecule has 138 valence electrons. The Morgan fingerprint density at radius 2 is 1.73 bits per heavy atom. The average molecular weight is 400 g/mol. The molecule has 2 rings (SSSR count). The van der Waals surface area contributed by atoms with E-state index in [1.165, 1.54) is 42.5 Å². The monoisotopic (exact) mass is 399 g/mol. The summed E-state index contributed by atoms with van der Waals surface area (Å²) in [6.07, 6.45) is 0. The second-order valence-electron chi connectivity index (χ2n) is 5.70. The summed E-state index contributed by atoms with van der Waals surface area (Å²) in [5, 5.41) is 13.3. The third kappa shape index (κ3) is 3.99. The highest BCUT2D eigenvalue weighted by Crippen LogP contribution is 2.31. The maximum Gasteiger partial charge on any atom is 0.269 e. The van der Waals surface area contributed by atoms with E-state index in [0.29, 0.717) is 0 Å². The zero-order valence-corrected chi connectivity index (χ0v) is 15.2. The van der Waals surface area contributed by atoms with Gasteiger partial charge in [0.1, 0.15) is 5.56 Å². The Hall–Kier alpha value is -2.53. The number of quaternary nitrogens is 1. The van der Waals surface area contributed by atoms with Crippen LogP contribution in [0, 0.1) is 10.1 Å². The van der Waals surface area contributed by atoms with Crippen molar-refractivity contribution < 1.29 is 22.7 Å². The molecule has 0 heterocycles. The molecule has 0 unspecified atom stereocenters. The molecular weight excluding hydrogens is 386 g/mol. The predicted molar refractivity (Wildman–Crippen MR) is 95.8 cm³/mol. The summed E-state index contributed by atoms with van der Waals surface area (Å²) in [5.41, 5.74) is -0.0636. The Bertz CT molecular complexity index is 973. The molecule has 0 atom stereocenters. The number of nitrogens with one attached hydrogen (secondary N) is 1. The summed E-state index contributed by atoms with van der Waals surface area (Å²) in [6.45, 7) is 0. The largest absolute Gasteiger partial charge is 0.701 e. The zero-order valence-electron chi connectivity index (χ0n) is 13.7. The second kappa shape index (κ2) is 7.00. The lowest BCUT2D eigenvalue weighted by atomic mass is 10.1. The molecule has 0 spiro atoms. The number of amides is 1. The first kappa shape index (κ1) is 19.8. The summed E-state index contributed by atoms with van der Waals surface area (Å²) in [5.74, 6) is -0.694. The Morgan fingerprint density at radius 1 is 1.15 bits per heavy atom. The van der Waals surface area contributed by atoms with Crippen molar-refractivity contribution in [2.24, 2.45) is 0 Å². The van der Waals surface area contributed by atoms with Crippen molar-refractivity contribution in [1.82, 2.24) is 3.89 Å². The average Bonchev–Trinajstić information content (AvgIpc) is 2.54. The van der Waals surface area contributed by atoms with Gasteiger partial charge in [0.2, 0.25) is 0 Å². The maximum atomic E-state index is 12.5. The molecule has 11 heteroatoms. The molecule has 0 aliphatic rings. The highest BCUT2D eigenvalue weighted by atomic mass is 35.5. The number of anilines is 1. The van der Waals surface area contributed by atoms with Crippen molar-refractivity contribution in [1.29, 1.82) is 0 Å². The molecule has 0 radical (unpaired) electrons. The van der Waals surface area contributed by atoms with E-state index >= 15 is 0 Å². The minimum absolute atomic E-state index is 0.0721. The van der Waals surface area contributed by atoms with Gasteiger partial charge in [0.05, 0.1) is 19.0 Å². The molecule has 0 aromatic heterocycles. The molecule has 0 saturated heterocycles. The Morgan fingerprint density at radius 3 is 2.23 bits per heavy atom. The fourth-order valence-electron chi connectivity index (χ4n) is 2.13. The Balaban J connectivity index is 2.42. The number of benzene rings is 2. The van der Waals surface area contributed by atoms with Crippen LogP contribution in [0.3, 0.4) is 0 Å². The minimum atomic E-state index is -4.84. The number of hydrogen-bond donors (Lipinski definition) is 1. The number of nitro benzene ring substituents is 1. The SMILES string of the molecule is C[N+](C)(c1cc(Cl)ccc1C(=O)Nc1ccc([N+](=O)[O-])cc1)S(=O)(=O)[O-]. The number of hydrogen-bond acceptors (Lipinski definition) is 6. The Labute approximate surface area is 154 Å². The van der Waals surface area contributed by atoms with Gasteiger partial charge in [0.15, 0.2) is 5.69 Å². The summed E-state index contributed by atoms with van der Waals surface area (Å²) < 4.78 is 33.6. The number of halogens is 1. The van der Waals surface area contributed by atoms with Crippen LogP contribution in [0.4, 0.5) is 17.1 Å². The molecule has 0 aliphatic carbocycles. The first-order valence-electron chi connectivity index (χ1n) is 7.09. The first-order valence-corrected chi connectivity index (χ1v) is 8.83. The quantitative estimate of drug-likeness (QED) is 0.356. The topological polar surface area (TPSA) is 129 Å². The fourth-order valence-corrected chi connectivity index (χ4v) is 2.69. The lowest BCUT2D eigenvalue weighted by Crippen LogP contribution is -2.47. The molecule has 1 N–H and O–H groups in total. The van der Waals surface area contributed by atoms with Crippen LogP contribution in [0.5, 0.6) is 0 Å². The van der Waals surface area contributed by atoms with Crippen molar-refractivity contribution in [3.8, 4) is 0 Å². The van der Waals surface area contributed by atoms with E-state index in [1.807, 2.05) is 0 Å². The molecule has 26 heavy (non-hydrogen) atoms. The van der Waals surface area contributed by atoms with Gasteiger partial charge in [-0.05, 0) is 24.3 Å². The number of non-ortho nitro benzene ring substituents is 1. The van der Waals surface area contributed by atoms with Crippen LogP contribution >= 0.6 is 11.6 Å². The number of carbonyl (C=O) groups is 1. The molecule has 0 aliphatic heterocycles. The number of nitrogens with zero attached hydrogens (tertiary/aromatic N) is 2. The smallest absolute Gasteiger partial charge is 0.269 e.